The number of hydrogen-bond donors (Lipinski definition) is 0. The van der Waals surface area contributed by atoms with Crippen LogP contribution in [0, 0.1) is 5.92 Å². The van der Waals surface area contributed by atoms with Crippen molar-refractivity contribution in [2.24, 2.45) is 5.92 Å². The fourth-order valence-corrected chi connectivity index (χ4v) is 3.22. The van der Waals surface area contributed by atoms with Crippen LogP contribution >= 0.6 is 0 Å². The lowest BCUT2D eigenvalue weighted by molar-refractivity contribution is -0.117. The molecule has 1 unspecified atom stereocenters. The van der Waals surface area contributed by atoms with E-state index in [-0.39, 0.29) is 24.6 Å². The van der Waals surface area contributed by atoms with Crippen molar-refractivity contribution in [3.8, 4) is 17.2 Å². The number of rotatable bonds is 5. The number of fused-ring (bicyclic) bond motifs is 1. The van der Waals surface area contributed by atoms with Gasteiger partial charge in [0.2, 0.25) is 12.7 Å². The molecule has 2 aliphatic rings. The molecule has 0 N–H and O–H groups in total. The van der Waals surface area contributed by atoms with E-state index < -0.39 is 0 Å². The van der Waals surface area contributed by atoms with Crippen LogP contribution in [0.5, 0.6) is 17.2 Å². The number of methoxy groups -OCH3 is 1. The zero-order chi connectivity index (χ0) is 18.8. The highest BCUT2D eigenvalue weighted by molar-refractivity contribution is 5.96. The Bertz CT molecular complexity index is 863. The maximum Gasteiger partial charge on any atom is 0.337 e. The van der Waals surface area contributed by atoms with Gasteiger partial charge in [0, 0.05) is 30.6 Å². The summed E-state index contributed by atoms with van der Waals surface area (Å²) in [5, 5.41) is 0. The largest absolute Gasteiger partial charge is 0.493 e. The zero-order valence-corrected chi connectivity index (χ0v) is 14.8. The second-order valence-electron chi connectivity index (χ2n) is 6.44. The molecular weight excluding hydrogens is 350 g/mol. The van der Waals surface area contributed by atoms with E-state index in [9.17, 15) is 9.59 Å². The van der Waals surface area contributed by atoms with Gasteiger partial charge in [0.15, 0.2) is 11.5 Å². The van der Waals surface area contributed by atoms with Crippen molar-refractivity contribution >= 4 is 17.6 Å². The minimum absolute atomic E-state index is 0.0588. The third kappa shape index (κ3) is 3.53. The summed E-state index contributed by atoms with van der Waals surface area (Å²) in [5.74, 6) is 1.76. The Morgan fingerprint density at radius 1 is 1.15 bits per heavy atom. The number of nitrogens with zero attached hydrogens (tertiary/aromatic N) is 1. The SMILES string of the molecule is COC(=O)c1ccc(OCC2CC(=O)N(c3ccc4c(c3)OCO4)C2)cc1. The van der Waals surface area contributed by atoms with Gasteiger partial charge in [-0.05, 0) is 36.4 Å². The molecule has 4 rings (SSSR count). The molecule has 0 saturated carbocycles. The Morgan fingerprint density at radius 2 is 1.93 bits per heavy atom. The van der Waals surface area contributed by atoms with E-state index in [0.717, 1.165) is 5.69 Å². The molecule has 0 aliphatic carbocycles. The highest BCUT2D eigenvalue weighted by atomic mass is 16.7. The molecule has 2 aliphatic heterocycles. The maximum atomic E-state index is 12.4. The molecule has 1 atom stereocenters. The number of ether oxygens (including phenoxy) is 4. The Kier molecular flexibility index (Phi) is 4.58. The fraction of sp³-hybridized carbons (Fsp3) is 0.300. The maximum absolute atomic E-state index is 12.4. The third-order valence-corrected chi connectivity index (χ3v) is 4.63. The van der Waals surface area contributed by atoms with Crippen LogP contribution in [0.25, 0.3) is 0 Å². The fourth-order valence-electron chi connectivity index (χ4n) is 3.22. The zero-order valence-electron chi connectivity index (χ0n) is 14.8. The van der Waals surface area contributed by atoms with Crippen LogP contribution < -0.4 is 19.1 Å². The molecule has 0 bridgehead atoms. The topological polar surface area (TPSA) is 74.3 Å². The van der Waals surface area contributed by atoms with Crippen molar-refractivity contribution in [2.75, 3.05) is 32.0 Å². The minimum Gasteiger partial charge on any atom is -0.493 e. The van der Waals surface area contributed by atoms with Crippen molar-refractivity contribution in [3.63, 3.8) is 0 Å². The molecule has 27 heavy (non-hydrogen) atoms. The summed E-state index contributed by atoms with van der Waals surface area (Å²) >= 11 is 0. The van der Waals surface area contributed by atoms with E-state index in [1.54, 1.807) is 29.2 Å². The van der Waals surface area contributed by atoms with E-state index in [1.807, 2.05) is 18.2 Å². The molecule has 2 aromatic rings. The summed E-state index contributed by atoms with van der Waals surface area (Å²) < 4.78 is 21.2. The number of benzene rings is 2. The van der Waals surface area contributed by atoms with Crippen LogP contribution in [0.1, 0.15) is 16.8 Å². The summed E-state index contributed by atoms with van der Waals surface area (Å²) in [6.07, 6.45) is 0.425. The van der Waals surface area contributed by atoms with Crippen molar-refractivity contribution < 1.29 is 28.5 Å². The summed E-state index contributed by atoms with van der Waals surface area (Å²) in [7, 11) is 1.34. The average Bonchev–Trinajstić information content (AvgIpc) is 3.31. The van der Waals surface area contributed by atoms with Gasteiger partial charge in [0.05, 0.1) is 19.3 Å². The lowest BCUT2D eigenvalue weighted by atomic mass is 10.1. The number of anilines is 1. The number of carbonyl (C=O) groups excluding carboxylic acids is 2. The van der Waals surface area contributed by atoms with Gasteiger partial charge in [0.1, 0.15) is 5.75 Å². The molecular formula is C20H19NO6. The van der Waals surface area contributed by atoms with Gasteiger partial charge in [-0.1, -0.05) is 0 Å². The van der Waals surface area contributed by atoms with Crippen LogP contribution in [0.4, 0.5) is 5.69 Å². The van der Waals surface area contributed by atoms with Crippen LogP contribution in [-0.2, 0) is 9.53 Å². The lowest BCUT2D eigenvalue weighted by Crippen LogP contribution is -2.25. The molecule has 1 amide bonds. The van der Waals surface area contributed by atoms with Crippen LogP contribution in [0.3, 0.4) is 0 Å². The molecule has 0 spiro atoms. The summed E-state index contributed by atoms with van der Waals surface area (Å²) in [6, 6.07) is 12.3. The van der Waals surface area contributed by atoms with E-state index in [0.29, 0.717) is 42.4 Å². The Morgan fingerprint density at radius 3 is 2.70 bits per heavy atom. The highest BCUT2D eigenvalue weighted by Gasteiger charge is 2.32. The van der Waals surface area contributed by atoms with E-state index >= 15 is 0 Å². The number of carbonyl (C=O) groups is 2. The van der Waals surface area contributed by atoms with Gasteiger partial charge in [0.25, 0.3) is 0 Å². The van der Waals surface area contributed by atoms with Gasteiger partial charge in [-0.2, -0.15) is 0 Å². The average molecular weight is 369 g/mol. The first-order valence-corrected chi connectivity index (χ1v) is 8.65. The summed E-state index contributed by atoms with van der Waals surface area (Å²) in [6.45, 7) is 1.21. The van der Waals surface area contributed by atoms with Gasteiger partial charge >= 0.3 is 5.97 Å². The van der Waals surface area contributed by atoms with Crippen molar-refractivity contribution in [1.29, 1.82) is 0 Å². The number of esters is 1. The molecule has 7 heteroatoms. The number of hydrogen-bond acceptors (Lipinski definition) is 6. The Labute approximate surface area is 156 Å². The van der Waals surface area contributed by atoms with Crippen molar-refractivity contribution in [2.45, 2.75) is 6.42 Å². The predicted molar refractivity (Wildman–Crippen MR) is 96.3 cm³/mol. The van der Waals surface area contributed by atoms with Gasteiger partial charge in [-0.15, -0.1) is 0 Å². The van der Waals surface area contributed by atoms with E-state index in [4.69, 9.17) is 14.2 Å². The normalized spacial score (nSPS) is 17.9. The second kappa shape index (κ2) is 7.19. The molecule has 0 radical (unpaired) electrons. The molecule has 1 saturated heterocycles. The van der Waals surface area contributed by atoms with Crippen molar-refractivity contribution in [1.82, 2.24) is 0 Å². The van der Waals surface area contributed by atoms with E-state index in [2.05, 4.69) is 4.74 Å². The van der Waals surface area contributed by atoms with Gasteiger partial charge < -0.3 is 23.8 Å². The van der Waals surface area contributed by atoms with Crippen LogP contribution in [0.15, 0.2) is 42.5 Å². The molecule has 140 valence electrons. The summed E-state index contributed by atoms with van der Waals surface area (Å²) in [5.41, 5.74) is 1.27. The third-order valence-electron chi connectivity index (χ3n) is 4.63. The smallest absolute Gasteiger partial charge is 0.337 e. The molecule has 7 nitrogen and oxygen atoms in total. The van der Waals surface area contributed by atoms with Crippen LogP contribution in [0.2, 0.25) is 0 Å². The quantitative estimate of drug-likeness (QED) is 0.755. The van der Waals surface area contributed by atoms with Crippen LogP contribution in [-0.4, -0.2) is 38.9 Å². The first-order chi connectivity index (χ1) is 13.1. The Hall–Kier alpha value is -3.22. The number of amides is 1. The van der Waals surface area contributed by atoms with Gasteiger partial charge in [-0.3, -0.25) is 4.79 Å². The van der Waals surface area contributed by atoms with E-state index in [1.165, 1.54) is 7.11 Å². The minimum atomic E-state index is -0.387. The Balaban J connectivity index is 1.36. The second-order valence-corrected chi connectivity index (χ2v) is 6.44. The highest BCUT2D eigenvalue weighted by Crippen LogP contribution is 2.37. The monoisotopic (exact) mass is 369 g/mol. The standard InChI is InChI=1S/C20H19NO6/c1-24-20(23)14-2-5-16(6-3-14)25-11-13-8-19(22)21(10-13)15-4-7-17-18(9-15)27-12-26-17/h2-7,9,13H,8,10-12H2,1H3. The first kappa shape index (κ1) is 17.2. The molecule has 1 fully saturated rings. The summed E-state index contributed by atoms with van der Waals surface area (Å²) in [4.78, 5) is 25.6. The van der Waals surface area contributed by atoms with Crippen molar-refractivity contribution in [3.05, 3.63) is 48.0 Å². The molecule has 2 aromatic carbocycles. The predicted octanol–water partition coefficient (Wildman–Crippen LogP) is 2.63. The van der Waals surface area contributed by atoms with Gasteiger partial charge in [-0.25, -0.2) is 4.79 Å². The first-order valence-electron chi connectivity index (χ1n) is 8.65. The molecule has 2 heterocycles. The lowest BCUT2D eigenvalue weighted by Gasteiger charge is -2.17. The molecule has 0 aromatic heterocycles.